The zero-order valence-corrected chi connectivity index (χ0v) is 19.1. The highest BCUT2D eigenvalue weighted by molar-refractivity contribution is 7.80. The van der Waals surface area contributed by atoms with Crippen LogP contribution in [0.25, 0.3) is 11.3 Å². The van der Waals surface area contributed by atoms with Crippen LogP contribution in [-0.2, 0) is 0 Å². The van der Waals surface area contributed by atoms with Crippen molar-refractivity contribution in [1.29, 1.82) is 0 Å². The van der Waals surface area contributed by atoms with E-state index in [-0.39, 0.29) is 22.5 Å². The number of anilines is 2. The third-order valence-electron chi connectivity index (χ3n) is 4.42. The molecule has 0 aliphatic carbocycles. The van der Waals surface area contributed by atoms with Crippen molar-refractivity contribution in [2.45, 2.75) is 0 Å². The smallest absolute Gasteiger partial charge is 0.293 e. The highest BCUT2D eigenvalue weighted by atomic mass is 35.5. The molecule has 4 aromatic rings. The lowest BCUT2D eigenvalue weighted by molar-refractivity contribution is 0.0950. The van der Waals surface area contributed by atoms with Crippen LogP contribution in [0, 0.1) is 0 Å². The predicted octanol–water partition coefficient (Wildman–Crippen LogP) is 6.23. The van der Waals surface area contributed by atoms with Crippen LogP contribution < -0.4 is 16.0 Å². The molecule has 0 aliphatic rings. The maximum atomic E-state index is 12.5. The Kier molecular flexibility index (Phi) is 6.79. The molecule has 7 nitrogen and oxygen atoms in total. The molecule has 2 aromatic carbocycles. The summed E-state index contributed by atoms with van der Waals surface area (Å²) < 4.78 is 10.7. The Labute approximate surface area is 203 Å². The molecule has 0 fully saturated rings. The van der Waals surface area contributed by atoms with Gasteiger partial charge < -0.3 is 19.5 Å². The van der Waals surface area contributed by atoms with Crippen molar-refractivity contribution in [1.82, 2.24) is 5.32 Å². The molecule has 0 aliphatic heterocycles. The Morgan fingerprint density at radius 2 is 1.52 bits per heavy atom. The summed E-state index contributed by atoms with van der Waals surface area (Å²) in [6.07, 6.45) is 1.42. The van der Waals surface area contributed by atoms with Crippen molar-refractivity contribution in [2.75, 3.05) is 10.6 Å². The number of nitrogens with one attached hydrogen (secondary N) is 3. The molecule has 0 bridgehead atoms. The summed E-state index contributed by atoms with van der Waals surface area (Å²) in [5.74, 6) is -0.223. The molecule has 0 unspecified atom stereocenters. The van der Waals surface area contributed by atoms with Crippen LogP contribution >= 0.6 is 35.4 Å². The number of hydrogen-bond acceptors (Lipinski definition) is 5. The Balaban J connectivity index is 1.34. The van der Waals surface area contributed by atoms with Gasteiger partial charge in [0.15, 0.2) is 16.6 Å². The fourth-order valence-corrected chi connectivity index (χ4v) is 3.47. The maximum absolute atomic E-state index is 12.5. The minimum absolute atomic E-state index is 0.0566. The highest BCUT2D eigenvalue weighted by Gasteiger charge is 2.16. The van der Waals surface area contributed by atoms with E-state index in [1.807, 2.05) is 0 Å². The first-order chi connectivity index (χ1) is 15.9. The first kappa shape index (κ1) is 22.6. The number of thiocarbonyl (C=S) groups is 1. The molecule has 0 radical (unpaired) electrons. The molecule has 166 valence electrons. The lowest BCUT2D eigenvalue weighted by Gasteiger charge is -2.10. The summed E-state index contributed by atoms with van der Waals surface area (Å²) in [5.41, 5.74) is 1.75. The number of furan rings is 2. The van der Waals surface area contributed by atoms with Crippen molar-refractivity contribution in [3.05, 3.63) is 94.6 Å². The van der Waals surface area contributed by atoms with Crippen molar-refractivity contribution in [3.8, 4) is 11.3 Å². The molecule has 0 spiro atoms. The maximum Gasteiger partial charge on any atom is 0.293 e. The van der Waals surface area contributed by atoms with E-state index >= 15 is 0 Å². The van der Waals surface area contributed by atoms with Crippen LogP contribution in [0.5, 0.6) is 0 Å². The number of hydrogen-bond donors (Lipinski definition) is 3. The second-order valence-electron chi connectivity index (χ2n) is 6.68. The van der Waals surface area contributed by atoms with E-state index in [4.69, 9.17) is 44.3 Å². The molecular formula is C23H15Cl2N3O4S. The van der Waals surface area contributed by atoms with E-state index in [0.717, 1.165) is 0 Å². The number of halogens is 2. The van der Waals surface area contributed by atoms with Gasteiger partial charge >= 0.3 is 0 Å². The lowest BCUT2D eigenvalue weighted by atomic mass is 10.2. The Bertz CT molecular complexity index is 1320. The van der Waals surface area contributed by atoms with Gasteiger partial charge in [-0.3, -0.25) is 14.9 Å². The quantitative estimate of drug-likeness (QED) is 0.282. The molecular weight excluding hydrogens is 485 g/mol. The SMILES string of the molecule is O=C(Nc1ccc(NC(=S)NC(=O)c2ccc(-c3cccc(Cl)c3Cl)o2)cc1)c1ccco1. The van der Waals surface area contributed by atoms with E-state index in [0.29, 0.717) is 32.7 Å². The summed E-state index contributed by atoms with van der Waals surface area (Å²) in [4.78, 5) is 24.5. The molecule has 0 saturated heterocycles. The van der Waals surface area contributed by atoms with Crippen molar-refractivity contribution in [2.24, 2.45) is 0 Å². The van der Waals surface area contributed by atoms with Crippen molar-refractivity contribution < 1.29 is 18.4 Å². The number of carbonyl (C=O) groups is 2. The van der Waals surface area contributed by atoms with Crippen LogP contribution in [0.15, 0.2) is 81.8 Å². The van der Waals surface area contributed by atoms with Gasteiger partial charge in [-0.1, -0.05) is 29.3 Å². The predicted molar refractivity (Wildman–Crippen MR) is 131 cm³/mol. The van der Waals surface area contributed by atoms with Crippen molar-refractivity contribution >= 4 is 63.7 Å². The molecule has 10 heteroatoms. The summed E-state index contributed by atoms with van der Waals surface area (Å²) >= 11 is 17.4. The first-order valence-electron chi connectivity index (χ1n) is 9.52. The van der Waals surface area contributed by atoms with E-state index in [1.165, 1.54) is 12.3 Å². The standard InChI is InChI=1S/C23H15Cl2N3O4S/c24-16-4-1-3-15(20(16)25)17-10-11-19(32-17)22(30)28-23(33)27-14-8-6-13(7-9-14)26-21(29)18-5-2-12-31-18/h1-12H,(H,26,29)(H2,27,28,30,33). The van der Waals surface area contributed by atoms with E-state index in [2.05, 4.69) is 16.0 Å². The molecule has 0 saturated carbocycles. The third-order valence-corrected chi connectivity index (χ3v) is 5.44. The van der Waals surface area contributed by atoms with Gasteiger partial charge in [-0.15, -0.1) is 0 Å². The van der Waals surface area contributed by atoms with Crippen LogP contribution in [0.4, 0.5) is 11.4 Å². The van der Waals surface area contributed by atoms with Crippen molar-refractivity contribution in [3.63, 3.8) is 0 Å². The summed E-state index contributed by atoms with van der Waals surface area (Å²) in [6.45, 7) is 0. The Hall–Kier alpha value is -3.59. The van der Waals surface area contributed by atoms with Gasteiger partial charge in [0.25, 0.3) is 11.8 Å². The van der Waals surface area contributed by atoms with Gasteiger partial charge in [0.05, 0.1) is 16.3 Å². The molecule has 2 aromatic heterocycles. The topological polar surface area (TPSA) is 96.5 Å². The molecule has 33 heavy (non-hydrogen) atoms. The second kappa shape index (κ2) is 9.91. The average Bonchev–Trinajstić information content (AvgIpc) is 3.49. The van der Waals surface area contributed by atoms with Gasteiger partial charge in [0, 0.05) is 16.9 Å². The van der Waals surface area contributed by atoms with Crippen LogP contribution in [-0.4, -0.2) is 16.9 Å². The van der Waals surface area contributed by atoms with Gasteiger partial charge in [0.1, 0.15) is 5.76 Å². The van der Waals surface area contributed by atoms with E-state index in [9.17, 15) is 9.59 Å². The minimum atomic E-state index is -0.528. The number of carbonyl (C=O) groups excluding carboxylic acids is 2. The lowest BCUT2D eigenvalue weighted by Crippen LogP contribution is -2.33. The summed E-state index contributed by atoms with van der Waals surface area (Å²) in [5, 5.41) is 8.94. The summed E-state index contributed by atoms with van der Waals surface area (Å²) in [7, 11) is 0. The van der Waals surface area contributed by atoms with E-state index in [1.54, 1.807) is 60.7 Å². The van der Waals surface area contributed by atoms with Crippen LogP contribution in [0.3, 0.4) is 0 Å². The second-order valence-corrected chi connectivity index (χ2v) is 7.88. The monoisotopic (exact) mass is 499 g/mol. The zero-order chi connectivity index (χ0) is 23.4. The van der Waals surface area contributed by atoms with Gasteiger partial charge in [-0.05, 0) is 72.9 Å². The normalized spacial score (nSPS) is 10.5. The molecule has 0 atom stereocenters. The first-order valence-corrected chi connectivity index (χ1v) is 10.7. The number of amides is 2. The molecule has 2 heterocycles. The summed E-state index contributed by atoms with van der Waals surface area (Å²) in [6, 6.07) is 18.2. The molecule has 4 rings (SSSR count). The van der Waals surface area contributed by atoms with Crippen LogP contribution in [0.2, 0.25) is 10.0 Å². The number of rotatable bonds is 5. The Morgan fingerprint density at radius 1 is 0.788 bits per heavy atom. The fraction of sp³-hybridized carbons (Fsp3) is 0. The molecule has 2 amide bonds. The van der Waals surface area contributed by atoms with Gasteiger partial charge in [0.2, 0.25) is 0 Å². The average molecular weight is 500 g/mol. The highest BCUT2D eigenvalue weighted by Crippen LogP contribution is 2.34. The third kappa shape index (κ3) is 5.43. The largest absolute Gasteiger partial charge is 0.459 e. The minimum Gasteiger partial charge on any atom is -0.459 e. The van der Waals surface area contributed by atoms with Crippen LogP contribution in [0.1, 0.15) is 21.1 Å². The fourth-order valence-electron chi connectivity index (χ4n) is 2.86. The van der Waals surface area contributed by atoms with Gasteiger partial charge in [-0.25, -0.2) is 0 Å². The Morgan fingerprint density at radius 3 is 2.21 bits per heavy atom. The van der Waals surface area contributed by atoms with Gasteiger partial charge in [-0.2, -0.15) is 0 Å². The number of benzene rings is 2. The zero-order valence-electron chi connectivity index (χ0n) is 16.7. The van der Waals surface area contributed by atoms with E-state index < -0.39 is 5.91 Å². The molecule has 3 N–H and O–H groups in total.